The number of anilines is 2. The van der Waals surface area contributed by atoms with E-state index >= 15 is 0 Å². The van der Waals surface area contributed by atoms with Gasteiger partial charge in [0, 0.05) is 24.5 Å². The smallest absolute Gasteiger partial charge is 0.335 e. The standard InChI is InChI=1S/C13H20N2O2/c1-3-5-14-11-7-10(13(16)17)8-12(9-11)15-6-4-2/h7-9,14-15H,3-6H2,1-2H3,(H,16,17). The summed E-state index contributed by atoms with van der Waals surface area (Å²) in [4.78, 5) is 11.0. The molecule has 0 heterocycles. The van der Waals surface area contributed by atoms with Gasteiger partial charge in [0.05, 0.1) is 5.56 Å². The van der Waals surface area contributed by atoms with Gasteiger partial charge in [-0.15, -0.1) is 0 Å². The van der Waals surface area contributed by atoms with E-state index in [0.29, 0.717) is 5.56 Å². The van der Waals surface area contributed by atoms with Crippen molar-refractivity contribution in [3.8, 4) is 0 Å². The highest BCUT2D eigenvalue weighted by molar-refractivity contribution is 5.90. The molecule has 4 heteroatoms. The van der Waals surface area contributed by atoms with Crippen LogP contribution in [0.4, 0.5) is 11.4 Å². The highest BCUT2D eigenvalue weighted by atomic mass is 16.4. The fourth-order valence-electron chi connectivity index (χ4n) is 1.49. The molecule has 0 aliphatic heterocycles. The zero-order valence-electron chi connectivity index (χ0n) is 10.4. The lowest BCUT2D eigenvalue weighted by Crippen LogP contribution is -2.06. The summed E-state index contributed by atoms with van der Waals surface area (Å²) in [6.07, 6.45) is 2.02. The summed E-state index contributed by atoms with van der Waals surface area (Å²) in [5, 5.41) is 15.4. The molecule has 0 aromatic heterocycles. The van der Waals surface area contributed by atoms with Gasteiger partial charge in [-0.1, -0.05) is 13.8 Å². The molecule has 94 valence electrons. The van der Waals surface area contributed by atoms with E-state index in [2.05, 4.69) is 24.5 Å². The van der Waals surface area contributed by atoms with Crippen molar-refractivity contribution in [1.82, 2.24) is 0 Å². The van der Waals surface area contributed by atoms with Gasteiger partial charge in [-0.3, -0.25) is 0 Å². The summed E-state index contributed by atoms with van der Waals surface area (Å²) < 4.78 is 0. The van der Waals surface area contributed by atoms with E-state index in [-0.39, 0.29) is 0 Å². The van der Waals surface area contributed by atoms with Crippen LogP contribution in [0.5, 0.6) is 0 Å². The van der Waals surface area contributed by atoms with Crippen molar-refractivity contribution in [1.29, 1.82) is 0 Å². The highest BCUT2D eigenvalue weighted by Gasteiger charge is 2.06. The van der Waals surface area contributed by atoms with Gasteiger partial charge in [-0.2, -0.15) is 0 Å². The molecule has 0 atom stereocenters. The van der Waals surface area contributed by atoms with Crippen LogP contribution in [0, 0.1) is 0 Å². The average Bonchev–Trinajstić information content (AvgIpc) is 2.33. The van der Waals surface area contributed by atoms with Crippen LogP contribution in [0.25, 0.3) is 0 Å². The lowest BCUT2D eigenvalue weighted by molar-refractivity contribution is 0.0697. The third kappa shape index (κ3) is 4.34. The van der Waals surface area contributed by atoms with Crippen LogP contribution >= 0.6 is 0 Å². The van der Waals surface area contributed by atoms with Crippen molar-refractivity contribution in [3.05, 3.63) is 23.8 Å². The molecule has 0 spiro atoms. The van der Waals surface area contributed by atoms with Crippen LogP contribution in [0.1, 0.15) is 37.0 Å². The summed E-state index contributed by atoms with van der Waals surface area (Å²) in [6.45, 7) is 5.83. The molecule has 1 aromatic rings. The Balaban J connectivity index is 2.88. The van der Waals surface area contributed by atoms with Gasteiger partial charge in [-0.05, 0) is 31.0 Å². The summed E-state index contributed by atoms with van der Waals surface area (Å²) in [5.74, 6) is -0.898. The van der Waals surface area contributed by atoms with Crippen LogP contribution < -0.4 is 10.6 Å². The molecule has 1 rings (SSSR count). The zero-order chi connectivity index (χ0) is 12.7. The Hall–Kier alpha value is -1.71. The van der Waals surface area contributed by atoms with E-state index in [1.165, 1.54) is 0 Å². The second-order valence-corrected chi connectivity index (χ2v) is 3.96. The molecule has 1 aromatic carbocycles. The van der Waals surface area contributed by atoms with Gasteiger partial charge < -0.3 is 15.7 Å². The van der Waals surface area contributed by atoms with Crippen molar-refractivity contribution in [3.63, 3.8) is 0 Å². The molecule has 0 saturated carbocycles. The van der Waals surface area contributed by atoms with Gasteiger partial charge in [0.2, 0.25) is 0 Å². The Morgan fingerprint density at radius 3 is 1.88 bits per heavy atom. The molecule has 17 heavy (non-hydrogen) atoms. The number of aromatic carboxylic acids is 1. The number of carboxylic acids is 1. The van der Waals surface area contributed by atoms with Gasteiger partial charge in [0.25, 0.3) is 0 Å². The topological polar surface area (TPSA) is 61.4 Å². The number of nitrogens with one attached hydrogen (secondary N) is 2. The van der Waals surface area contributed by atoms with Crippen LogP contribution in [0.3, 0.4) is 0 Å². The first-order valence-electron chi connectivity index (χ1n) is 6.03. The predicted molar refractivity (Wildman–Crippen MR) is 71.0 cm³/mol. The zero-order valence-corrected chi connectivity index (χ0v) is 10.4. The van der Waals surface area contributed by atoms with Crippen molar-refractivity contribution in [2.75, 3.05) is 23.7 Å². The average molecular weight is 236 g/mol. The Kier molecular flexibility index (Phi) is 5.33. The SMILES string of the molecule is CCCNc1cc(NCCC)cc(C(=O)O)c1. The normalized spacial score (nSPS) is 10.0. The Morgan fingerprint density at radius 2 is 1.53 bits per heavy atom. The van der Waals surface area contributed by atoms with E-state index in [9.17, 15) is 4.79 Å². The summed E-state index contributed by atoms with van der Waals surface area (Å²) in [6, 6.07) is 5.27. The number of hydrogen-bond acceptors (Lipinski definition) is 3. The maximum Gasteiger partial charge on any atom is 0.335 e. The molecule has 4 nitrogen and oxygen atoms in total. The number of benzene rings is 1. The molecular weight excluding hydrogens is 216 g/mol. The van der Waals surface area contributed by atoms with Crippen LogP contribution in [0.2, 0.25) is 0 Å². The fraction of sp³-hybridized carbons (Fsp3) is 0.462. The number of hydrogen-bond donors (Lipinski definition) is 3. The van der Waals surface area contributed by atoms with Gasteiger partial charge in [-0.25, -0.2) is 4.79 Å². The molecule has 0 aliphatic rings. The summed E-state index contributed by atoms with van der Waals surface area (Å²) in [7, 11) is 0. The number of rotatable bonds is 7. The van der Waals surface area contributed by atoms with Crippen molar-refractivity contribution < 1.29 is 9.90 Å². The fourth-order valence-corrected chi connectivity index (χ4v) is 1.49. The molecule has 0 aliphatic carbocycles. The van der Waals surface area contributed by atoms with Crippen molar-refractivity contribution in [2.45, 2.75) is 26.7 Å². The first kappa shape index (κ1) is 13.4. The van der Waals surface area contributed by atoms with Crippen LogP contribution in [-0.4, -0.2) is 24.2 Å². The van der Waals surface area contributed by atoms with Crippen molar-refractivity contribution in [2.24, 2.45) is 0 Å². The quantitative estimate of drug-likeness (QED) is 0.681. The van der Waals surface area contributed by atoms with Gasteiger partial charge in [0.1, 0.15) is 0 Å². The Labute approximate surface area is 102 Å². The predicted octanol–water partition coefficient (Wildman–Crippen LogP) is 3.03. The molecule has 0 amide bonds. The molecule has 0 unspecified atom stereocenters. The van der Waals surface area contributed by atoms with Crippen LogP contribution in [-0.2, 0) is 0 Å². The molecule has 3 N–H and O–H groups in total. The van der Waals surface area contributed by atoms with Gasteiger partial charge >= 0.3 is 5.97 Å². The van der Waals surface area contributed by atoms with E-state index in [1.807, 2.05) is 6.07 Å². The van der Waals surface area contributed by atoms with Crippen LogP contribution in [0.15, 0.2) is 18.2 Å². The largest absolute Gasteiger partial charge is 0.478 e. The highest BCUT2D eigenvalue weighted by Crippen LogP contribution is 2.19. The second-order valence-electron chi connectivity index (χ2n) is 3.96. The van der Waals surface area contributed by atoms with E-state index in [4.69, 9.17) is 5.11 Å². The Morgan fingerprint density at radius 1 is 1.06 bits per heavy atom. The maximum absolute atomic E-state index is 11.0. The molecule has 0 fully saturated rings. The van der Waals surface area contributed by atoms with E-state index in [0.717, 1.165) is 37.3 Å². The van der Waals surface area contributed by atoms with Gasteiger partial charge in [0.15, 0.2) is 0 Å². The maximum atomic E-state index is 11.0. The minimum absolute atomic E-state index is 0.310. The Bertz CT molecular complexity index is 351. The second kappa shape index (κ2) is 6.78. The summed E-state index contributed by atoms with van der Waals surface area (Å²) in [5.41, 5.74) is 2.01. The molecule has 0 radical (unpaired) electrons. The summed E-state index contributed by atoms with van der Waals surface area (Å²) >= 11 is 0. The van der Waals surface area contributed by atoms with E-state index < -0.39 is 5.97 Å². The third-order valence-electron chi connectivity index (χ3n) is 2.34. The molecule has 0 bridgehead atoms. The lowest BCUT2D eigenvalue weighted by Gasteiger charge is -2.10. The third-order valence-corrected chi connectivity index (χ3v) is 2.34. The van der Waals surface area contributed by atoms with Crippen molar-refractivity contribution >= 4 is 17.3 Å². The first-order chi connectivity index (χ1) is 8.17. The molecule has 0 saturated heterocycles. The van der Waals surface area contributed by atoms with E-state index in [1.54, 1.807) is 12.1 Å². The lowest BCUT2D eigenvalue weighted by atomic mass is 10.1. The first-order valence-corrected chi connectivity index (χ1v) is 6.03. The number of carbonyl (C=O) groups is 1. The minimum atomic E-state index is -0.898. The molecular formula is C13H20N2O2. The minimum Gasteiger partial charge on any atom is -0.478 e. The number of carboxylic acid groups (broad SMARTS) is 1. The monoisotopic (exact) mass is 236 g/mol.